The second-order valence-corrected chi connectivity index (χ2v) is 4.64. The molecule has 7 heteroatoms. The lowest BCUT2D eigenvalue weighted by Gasteiger charge is -2.08. The van der Waals surface area contributed by atoms with Gasteiger partial charge in [0.15, 0.2) is 0 Å². The molecule has 1 aliphatic rings. The number of hydrogen-bond donors (Lipinski definition) is 3. The molecule has 0 spiro atoms. The summed E-state index contributed by atoms with van der Waals surface area (Å²) < 4.78 is 26.6. The molecule has 0 unspecified atom stereocenters. The van der Waals surface area contributed by atoms with Gasteiger partial charge in [0.1, 0.15) is 11.6 Å². The maximum Gasteiger partial charge on any atom is 0.338 e. The van der Waals surface area contributed by atoms with Crippen molar-refractivity contribution in [3.05, 3.63) is 29.3 Å². The first-order valence-electron chi connectivity index (χ1n) is 6.23. The van der Waals surface area contributed by atoms with E-state index in [0.29, 0.717) is 18.7 Å². The Labute approximate surface area is 114 Å². The van der Waals surface area contributed by atoms with Crippen LogP contribution < -0.4 is 10.6 Å². The lowest BCUT2D eigenvalue weighted by molar-refractivity contribution is -0.116. The molecule has 1 aromatic carbocycles. The van der Waals surface area contributed by atoms with Crippen LogP contribution in [0.5, 0.6) is 0 Å². The zero-order valence-electron chi connectivity index (χ0n) is 10.6. The summed E-state index contributed by atoms with van der Waals surface area (Å²) in [6.45, 7) is 0.463. The van der Waals surface area contributed by atoms with Crippen LogP contribution in [0.3, 0.4) is 0 Å². The summed E-state index contributed by atoms with van der Waals surface area (Å²) >= 11 is 0. The molecular weight excluding hydrogens is 270 g/mol. The number of carbonyl (C=O) groups is 2. The zero-order chi connectivity index (χ0) is 14.7. The van der Waals surface area contributed by atoms with Crippen molar-refractivity contribution < 1.29 is 23.5 Å². The van der Waals surface area contributed by atoms with Gasteiger partial charge >= 0.3 is 5.97 Å². The normalized spacial score (nSPS) is 14.1. The monoisotopic (exact) mass is 284 g/mol. The summed E-state index contributed by atoms with van der Waals surface area (Å²) in [7, 11) is 0. The third-order valence-electron chi connectivity index (χ3n) is 2.92. The molecule has 1 saturated carbocycles. The van der Waals surface area contributed by atoms with Crippen molar-refractivity contribution in [2.45, 2.75) is 25.3 Å². The summed E-state index contributed by atoms with van der Waals surface area (Å²) in [5.41, 5.74) is -1.02. The highest BCUT2D eigenvalue weighted by Crippen LogP contribution is 2.20. The van der Waals surface area contributed by atoms with Crippen molar-refractivity contribution in [3.63, 3.8) is 0 Å². The molecule has 108 valence electrons. The van der Waals surface area contributed by atoms with Crippen molar-refractivity contribution >= 4 is 17.6 Å². The molecule has 2 rings (SSSR count). The topological polar surface area (TPSA) is 78.4 Å². The molecule has 0 bridgehead atoms. The van der Waals surface area contributed by atoms with Crippen LogP contribution >= 0.6 is 0 Å². The van der Waals surface area contributed by atoms with Gasteiger partial charge in [-0.3, -0.25) is 4.79 Å². The summed E-state index contributed by atoms with van der Waals surface area (Å²) in [5.74, 6) is -4.16. The Morgan fingerprint density at radius 2 is 1.95 bits per heavy atom. The largest absolute Gasteiger partial charge is 0.478 e. The first-order valence-corrected chi connectivity index (χ1v) is 6.23. The van der Waals surface area contributed by atoms with Crippen LogP contribution in [0.15, 0.2) is 12.1 Å². The number of amides is 1. The quantitative estimate of drug-likeness (QED) is 0.743. The summed E-state index contributed by atoms with van der Waals surface area (Å²) in [6, 6.07) is 1.68. The number of carbonyl (C=O) groups excluding carboxylic acids is 1. The van der Waals surface area contributed by atoms with Gasteiger partial charge in [-0.25, -0.2) is 13.6 Å². The minimum absolute atomic E-state index is 0.135. The van der Waals surface area contributed by atoms with Crippen molar-refractivity contribution in [1.82, 2.24) is 5.32 Å². The minimum atomic E-state index is -1.52. The van der Waals surface area contributed by atoms with E-state index in [-0.39, 0.29) is 12.1 Å². The highest BCUT2D eigenvalue weighted by Gasteiger charge is 2.20. The molecule has 1 aromatic rings. The van der Waals surface area contributed by atoms with Crippen LogP contribution in [-0.4, -0.2) is 29.6 Å². The fraction of sp³-hybridized carbons (Fsp3) is 0.385. The zero-order valence-corrected chi connectivity index (χ0v) is 10.6. The molecule has 0 aliphatic heterocycles. The molecule has 0 saturated heterocycles. The lowest BCUT2D eigenvalue weighted by atomic mass is 10.1. The van der Waals surface area contributed by atoms with E-state index in [1.165, 1.54) is 0 Å². The van der Waals surface area contributed by atoms with Crippen LogP contribution in [-0.2, 0) is 4.79 Å². The van der Waals surface area contributed by atoms with Crippen molar-refractivity contribution in [1.29, 1.82) is 0 Å². The molecule has 1 amide bonds. The van der Waals surface area contributed by atoms with E-state index >= 15 is 0 Å². The van der Waals surface area contributed by atoms with E-state index in [4.69, 9.17) is 5.11 Å². The Balaban J connectivity index is 1.98. The highest BCUT2D eigenvalue weighted by atomic mass is 19.1. The van der Waals surface area contributed by atoms with Crippen LogP contribution in [0, 0.1) is 11.6 Å². The Hall–Kier alpha value is -2.02. The molecule has 5 nitrogen and oxygen atoms in total. The van der Waals surface area contributed by atoms with Gasteiger partial charge in [-0.1, -0.05) is 0 Å². The number of aromatic carboxylic acids is 1. The molecule has 1 aliphatic carbocycles. The van der Waals surface area contributed by atoms with Gasteiger partial charge in [-0.05, 0) is 18.9 Å². The fourth-order valence-electron chi connectivity index (χ4n) is 1.70. The number of carboxylic acid groups (broad SMARTS) is 1. The number of rotatable bonds is 6. The van der Waals surface area contributed by atoms with Gasteiger partial charge in [0.2, 0.25) is 5.91 Å². The van der Waals surface area contributed by atoms with Crippen molar-refractivity contribution in [2.24, 2.45) is 0 Å². The second kappa shape index (κ2) is 5.96. The van der Waals surface area contributed by atoms with Gasteiger partial charge in [-0.15, -0.1) is 0 Å². The number of halogens is 2. The van der Waals surface area contributed by atoms with E-state index in [9.17, 15) is 18.4 Å². The third kappa shape index (κ3) is 3.74. The number of nitrogens with one attached hydrogen (secondary N) is 2. The number of carboxylic acids is 1. The van der Waals surface area contributed by atoms with Gasteiger partial charge in [0.25, 0.3) is 0 Å². The van der Waals surface area contributed by atoms with Crippen LogP contribution in [0.1, 0.15) is 29.6 Å². The SMILES string of the molecule is O=C(CCNC1CC1)Nc1cc(C(=O)O)c(F)cc1F. The average molecular weight is 284 g/mol. The predicted molar refractivity (Wildman–Crippen MR) is 67.6 cm³/mol. The van der Waals surface area contributed by atoms with Gasteiger partial charge in [0, 0.05) is 25.1 Å². The molecule has 0 heterocycles. The molecular formula is C13H14F2N2O3. The Kier molecular flexibility index (Phi) is 4.29. The standard InChI is InChI=1S/C13H14F2N2O3/c14-9-6-10(15)11(5-8(9)13(19)20)17-12(18)3-4-16-7-1-2-7/h5-7,16H,1-4H2,(H,17,18)(H,19,20). The molecule has 1 fully saturated rings. The van der Waals surface area contributed by atoms with E-state index in [0.717, 1.165) is 18.9 Å². The lowest BCUT2D eigenvalue weighted by Crippen LogP contribution is -2.23. The third-order valence-corrected chi connectivity index (χ3v) is 2.92. The number of anilines is 1. The highest BCUT2D eigenvalue weighted by molar-refractivity contribution is 5.94. The summed E-state index contributed by atoms with van der Waals surface area (Å²) in [4.78, 5) is 22.3. The number of benzene rings is 1. The van der Waals surface area contributed by atoms with Crippen molar-refractivity contribution in [2.75, 3.05) is 11.9 Å². The van der Waals surface area contributed by atoms with Crippen LogP contribution in [0.25, 0.3) is 0 Å². The fourth-order valence-corrected chi connectivity index (χ4v) is 1.70. The maximum atomic E-state index is 13.5. The second-order valence-electron chi connectivity index (χ2n) is 4.64. The van der Waals surface area contributed by atoms with Crippen LogP contribution in [0.4, 0.5) is 14.5 Å². The Morgan fingerprint density at radius 3 is 2.55 bits per heavy atom. The van der Waals surface area contributed by atoms with Crippen LogP contribution in [0.2, 0.25) is 0 Å². The number of hydrogen-bond acceptors (Lipinski definition) is 3. The minimum Gasteiger partial charge on any atom is -0.478 e. The molecule has 0 atom stereocenters. The van der Waals surface area contributed by atoms with Gasteiger partial charge in [-0.2, -0.15) is 0 Å². The van der Waals surface area contributed by atoms with E-state index in [1.807, 2.05) is 0 Å². The van der Waals surface area contributed by atoms with Gasteiger partial charge < -0.3 is 15.7 Å². The first-order chi connectivity index (χ1) is 9.47. The van der Waals surface area contributed by atoms with E-state index < -0.39 is 29.1 Å². The van der Waals surface area contributed by atoms with E-state index in [1.54, 1.807) is 0 Å². The Bertz CT molecular complexity index is 545. The molecule has 20 heavy (non-hydrogen) atoms. The smallest absolute Gasteiger partial charge is 0.338 e. The average Bonchev–Trinajstić information content (AvgIpc) is 3.16. The molecule has 3 N–H and O–H groups in total. The Morgan fingerprint density at radius 1 is 1.25 bits per heavy atom. The molecule has 0 radical (unpaired) electrons. The van der Waals surface area contributed by atoms with Crippen molar-refractivity contribution in [3.8, 4) is 0 Å². The predicted octanol–water partition coefficient (Wildman–Crippen LogP) is 1.74. The molecule has 0 aromatic heterocycles. The van der Waals surface area contributed by atoms with E-state index in [2.05, 4.69) is 10.6 Å². The first kappa shape index (κ1) is 14.4. The summed E-state index contributed by atoms with van der Waals surface area (Å²) in [5, 5.41) is 14.1. The maximum absolute atomic E-state index is 13.5. The van der Waals surface area contributed by atoms with Gasteiger partial charge in [0.05, 0.1) is 11.3 Å². The summed E-state index contributed by atoms with van der Waals surface area (Å²) in [6.07, 6.45) is 2.32.